The molecule has 0 atom stereocenters. The highest BCUT2D eigenvalue weighted by Gasteiger charge is 2.15. The molecule has 1 heterocycles. The Hall–Kier alpha value is -1.98. The summed E-state index contributed by atoms with van der Waals surface area (Å²) >= 11 is 0. The maximum Gasteiger partial charge on any atom is 0.254 e. The third-order valence-corrected chi connectivity index (χ3v) is 3.99. The second kappa shape index (κ2) is 8.60. The van der Waals surface area contributed by atoms with E-state index in [1.165, 1.54) is 12.8 Å². The van der Waals surface area contributed by atoms with E-state index in [1.807, 2.05) is 4.90 Å². The Morgan fingerprint density at radius 1 is 1.09 bits per heavy atom. The third-order valence-electron chi connectivity index (χ3n) is 3.99. The fourth-order valence-electron chi connectivity index (χ4n) is 2.69. The smallest absolute Gasteiger partial charge is 0.254 e. The van der Waals surface area contributed by atoms with Crippen LogP contribution in [0.1, 0.15) is 48.9 Å². The lowest BCUT2D eigenvalue weighted by Crippen LogP contribution is -2.32. The number of amides is 2. The Morgan fingerprint density at radius 2 is 1.78 bits per heavy atom. The van der Waals surface area contributed by atoms with E-state index in [9.17, 15) is 18.4 Å². The van der Waals surface area contributed by atoms with Gasteiger partial charge < -0.3 is 10.2 Å². The molecule has 2 rings (SSSR count). The van der Waals surface area contributed by atoms with Gasteiger partial charge in [0, 0.05) is 32.1 Å². The maximum atomic E-state index is 13.5. The van der Waals surface area contributed by atoms with Gasteiger partial charge in [-0.2, -0.15) is 0 Å². The number of likely N-dealkylation sites (tertiary alicyclic amines) is 1. The van der Waals surface area contributed by atoms with E-state index in [4.69, 9.17) is 0 Å². The molecule has 1 saturated heterocycles. The third kappa shape index (κ3) is 5.30. The molecule has 0 radical (unpaired) electrons. The molecule has 23 heavy (non-hydrogen) atoms. The van der Waals surface area contributed by atoms with Crippen molar-refractivity contribution in [3.8, 4) is 0 Å². The van der Waals surface area contributed by atoms with E-state index in [0.717, 1.165) is 38.1 Å². The Bertz CT molecular complexity index is 556. The number of rotatable bonds is 5. The van der Waals surface area contributed by atoms with Gasteiger partial charge in [0.25, 0.3) is 5.91 Å². The fourth-order valence-corrected chi connectivity index (χ4v) is 2.69. The van der Waals surface area contributed by atoms with Crippen LogP contribution in [0.15, 0.2) is 18.2 Å². The molecule has 1 aromatic rings. The van der Waals surface area contributed by atoms with Gasteiger partial charge in [0.2, 0.25) is 5.91 Å². The van der Waals surface area contributed by atoms with Crippen LogP contribution in [0.4, 0.5) is 8.78 Å². The molecule has 126 valence electrons. The summed E-state index contributed by atoms with van der Waals surface area (Å²) in [5, 5.41) is 2.56. The van der Waals surface area contributed by atoms with Crippen LogP contribution in [0.3, 0.4) is 0 Å². The van der Waals surface area contributed by atoms with Gasteiger partial charge in [0.05, 0.1) is 5.56 Å². The molecule has 1 N–H and O–H groups in total. The number of hydrogen-bond donors (Lipinski definition) is 1. The van der Waals surface area contributed by atoms with Crippen LogP contribution in [0.5, 0.6) is 0 Å². The van der Waals surface area contributed by atoms with Crippen LogP contribution >= 0.6 is 0 Å². The molecule has 2 amide bonds. The summed E-state index contributed by atoms with van der Waals surface area (Å²) in [6.07, 6.45) is 5.31. The molecule has 6 heteroatoms. The van der Waals surface area contributed by atoms with Gasteiger partial charge in [-0.3, -0.25) is 9.59 Å². The van der Waals surface area contributed by atoms with Crippen molar-refractivity contribution < 1.29 is 18.4 Å². The quantitative estimate of drug-likeness (QED) is 0.847. The van der Waals surface area contributed by atoms with E-state index >= 15 is 0 Å². The average Bonchev–Trinajstić information content (AvgIpc) is 2.80. The first-order valence-corrected chi connectivity index (χ1v) is 8.09. The number of nitrogens with one attached hydrogen (secondary N) is 1. The van der Waals surface area contributed by atoms with Crippen molar-refractivity contribution in [3.05, 3.63) is 35.4 Å². The monoisotopic (exact) mass is 324 g/mol. The van der Waals surface area contributed by atoms with Crippen LogP contribution in [0, 0.1) is 11.6 Å². The zero-order chi connectivity index (χ0) is 16.7. The summed E-state index contributed by atoms with van der Waals surface area (Å²) in [4.78, 5) is 25.8. The maximum absolute atomic E-state index is 13.5. The molecular weight excluding hydrogens is 302 g/mol. The summed E-state index contributed by atoms with van der Waals surface area (Å²) < 4.78 is 26.3. The number of carbonyl (C=O) groups excluding carboxylic acids is 2. The molecule has 1 aromatic carbocycles. The number of nitrogens with zero attached hydrogens (tertiary/aromatic N) is 1. The zero-order valence-corrected chi connectivity index (χ0v) is 13.1. The second-order valence-corrected chi connectivity index (χ2v) is 5.78. The highest BCUT2D eigenvalue weighted by molar-refractivity contribution is 5.94. The van der Waals surface area contributed by atoms with Crippen LogP contribution in [0.2, 0.25) is 0 Å². The van der Waals surface area contributed by atoms with Gasteiger partial charge >= 0.3 is 0 Å². The lowest BCUT2D eigenvalue weighted by Gasteiger charge is -2.20. The predicted octanol–water partition coefficient (Wildman–Crippen LogP) is 2.88. The van der Waals surface area contributed by atoms with Gasteiger partial charge in [-0.25, -0.2) is 8.78 Å². The van der Waals surface area contributed by atoms with Gasteiger partial charge in [-0.1, -0.05) is 12.8 Å². The average molecular weight is 324 g/mol. The van der Waals surface area contributed by atoms with E-state index < -0.39 is 17.5 Å². The van der Waals surface area contributed by atoms with Crippen molar-refractivity contribution in [1.82, 2.24) is 10.2 Å². The van der Waals surface area contributed by atoms with Crippen molar-refractivity contribution in [2.24, 2.45) is 0 Å². The summed E-state index contributed by atoms with van der Waals surface area (Å²) in [6.45, 7) is 1.91. The number of carbonyl (C=O) groups is 2. The van der Waals surface area contributed by atoms with E-state index in [-0.39, 0.29) is 18.0 Å². The predicted molar refractivity (Wildman–Crippen MR) is 83.0 cm³/mol. The largest absolute Gasteiger partial charge is 0.352 e. The molecule has 0 bridgehead atoms. The standard InChI is InChI=1S/C17H22F2N2O2/c18-13-7-8-14(15(19)12-13)17(23)20-9-5-6-16(22)21-10-3-1-2-4-11-21/h7-8,12H,1-6,9-11H2,(H,20,23). The van der Waals surface area contributed by atoms with Crippen molar-refractivity contribution in [3.63, 3.8) is 0 Å². The van der Waals surface area contributed by atoms with E-state index in [1.54, 1.807) is 0 Å². The lowest BCUT2D eigenvalue weighted by atomic mass is 10.2. The molecule has 4 nitrogen and oxygen atoms in total. The molecule has 1 fully saturated rings. The highest BCUT2D eigenvalue weighted by atomic mass is 19.1. The molecule has 1 aliphatic heterocycles. The highest BCUT2D eigenvalue weighted by Crippen LogP contribution is 2.12. The molecule has 0 aliphatic carbocycles. The second-order valence-electron chi connectivity index (χ2n) is 5.78. The molecule has 0 aromatic heterocycles. The van der Waals surface area contributed by atoms with Gasteiger partial charge in [-0.05, 0) is 31.4 Å². The molecule has 0 spiro atoms. The number of hydrogen-bond acceptors (Lipinski definition) is 2. The minimum Gasteiger partial charge on any atom is -0.352 e. The first-order valence-electron chi connectivity index (χ1n) is 8.09. The minimum absolute atomic E-state index is 0.106. The Kier molecular flexibility index (Phi) is 6.50. The first kappa shape index (κ1) is 17.4. The topological polar surface area (TPSA) is 49.4 Å². The summed E-state index contributed by atoms with van der Waals surface area (Å²) in [5.74, 6) is -2.09. The zero-order valence-electron chi connectivity index (χ0n) is 13.1. The Balaban J connectivity index is 1.72. The molecular formula is C17H22F2N2O2. The van der Waals surface area contributed by atoms with E-state index in [2.05, 4.69) is 5.32 Å². The van der Waals surface area contributed by atoms with Crippen LogP contribution in [-0.4, -0.2) is 36.3 Å². The van der Waals surface area contributed by atoms with E-state index in [0.29, 0.717) is 18.9 Å². The summed E-state index contributed by atoms with van der Waals surface area (Å²) in [6, 6.07) is 2.83. The van der Waals surface area contributed by atoms with Gasteiger partial charge in [0.15, 0.2) is 0 Å². The van der Waals surface area contributed by atoms with Crippen molar-refractivity contribution in [2.75, 3.05) is 19.6 Å². The normalized spacial score (nSPS) is 15.1. The Labute approximate surface area is 134 Å². The number of halogens is 2. The Morgan fingerprint density at radius 3 is 2.43 bits per heavy atom. The van der Waals surface area contributed by atoms with Crippen LogP contribution in [0.25, 0.3) is 0 Å². The van der Waals surface area contributed by atoms with Crippen LogP contribution in [-0.2, 0) is 4.79 Å². The minimum atomic E-state index is -0.886. The molecule has 0 saturated carbocycles. The summed E-state index contributed by atoms with van der Waals surface area (Å²) in [7, 11) is 0. The molecule has 1 aliphatic rings. The van der Waals surface area contributed by atoms with Crippen molar-refractivity contribution >= 4 is 11.8 Å². The van der Waals surface area contributed by atoms with Crippen molar-refractivity contribution in [2.45, 2.75) is 38.5 Å². The first-order chi connectivity index (χ1) is 11.1. The van der Waals surface area contributed by atoms with Gasteiger partial charge in [-0.15, -0.1) is 0 Å². The van der Waals surface area contributed by atoms with Crippen molar-refractivity contribution in [1.29, 1.82) is 0 Å². The number of benzene rings is 1. The lowest BCUT2D eigenvalue weighted by molar-refractivity contribution is -0.131. The molecule has 0 unspecified atom stereocenters. The van der Waals surface area contributed by atoms with Crippen LogP contribution < -0.4 is 5.32 Å². The van der Waals surface area contributed by atoms with Gasteiger partial charge in [0.1, 0.15) is 11.6 Å². The fraction of sp³-hybridized carbons (Fsp3) is 0.529. The summed E-state index contributed by atoms with van der Waals surface area (Å²) in [5.41, 5.74) is -0.190. The SMILES string of the molecule is O=C(NCCCC(=O)N1CCCCCC1)c1ccc(F)cc1F.